The van der Waals surface area contributed by atoms with Crippen molar-refractivity contribution in [3.8, 4) is 0 Å². The lowest BCUT2D eigenvalue weighted by Crippen LogP contribution is -2.31. The van der Waals surface area contributed by atoms with Gasteiger partial charge in [0.15, 0.2) is 11.6 Å². The van der Waals surface area contributed by atoms with E-state index in [0.29, 0.717) is 12.5 Å². The molecule has 3 rings (SSSR count). The molecule has 2 fully saturated rings. The average Bonchev–Trinajstić information content (AvgIpc) is 3.32. The van der Waals surface area contributed by atoms with Crippen molar-refractivity contribution in [2.45, 2.75) is 25.7 Å². The molecule has 0 radical (unpaired) electrons. The first-order chi connectivity index (χ1) is 9.70. The molecule has 0 aromatic carbocycles. The van der Waals surface area contributed by atoms with Crippen LogP contribution < -0.4 is 10.6 Å². The summed E-state index contributed by atoms with van der Waals surface area (Å²) in [7, 11) is 1.59. The molecule has 5 heteroatoms. The van der Waals surface area contributed by atoms with Gasteiger partial charge in [0.2, 0.25) is 0 Å². The topological polar surface area (TPSA) is 54.0 Å². The van der Waals surface area contributed by atoms with Gasteiger partial charge in [-0.05, 0) is 49.5 Å². The quantitative estimate of drug-likeness (QED) is 0.839. The molecule has 20 heavy (non-hydrogen) atoms. The molecule has 1 aromatic heterocycles. The molecule has 2 N–H and O–H groups in total. The van der Waals surface area contributed by atoms with Crippen molar-refractivity contribution in [2.24, 2.45) is 17.8 Å². The maximum atomic E-state index is 14.0. The maximum absolute atomic E-state index is 14.0. The molecule has 2 aliphatic rings. The van der Waals surface area contributed by atoms with E-state index in [4.69, 9.17) is 0 Å². The van der Waals surface area contributed by atoms with Gasteiger partial charge in [0.25, 0.3) is 5.91 Å². The number of hydrogen-bond acceptors (Lipinski definition) is 3. The van der Waals surface area contributed by atoms with Crippen LogP contribution in [0.1, 0.15) is 36.0 Å². The highest BCUT2D eigenvalue weighted by atomic mass is 19.1. The van der Waals surface area contributed by atoms with Crippen LogP contribution in [0.4, 0.5) is 10.2 Å². The Morgan fingerprint density at radius 3 is 2.60 bits per heavy atom. The number of hydrogen-bond donors (Lipinski definition) is 2. The first kappa shape index (κ1) is 13.3. The van der Waals surface area contributed by atoms with E-state index in [9.17, 15) is 9.18 Å². The normalized spacial score (nSPS) is 18.1. The Balaban J connectivity index is 1.63. The minimum atomic E-state index is -0.582. The van der Waals surface area contributed by atoms with Gasteiger partial charge in [-0.15, -0.1) is 0 Å². The van der Waals surface area contributed by atoms with Crippen molar-refractivity contribution >= 4 is 11.7 Å². The number of nitrogens with zero attached hydrogens (tertiary/aromatic N) is 1. The molecule has 1 heterocycles. The summed E-state index contributed by atoms with van der Waals surface area (Å²) in [5, 5.41) is 5.55. The second-order valence-electron chi connectivity index (χ2n) is 5.82. The Hall–Kier alpha value is -1.65. The first-order valence-electron chi connectivity index (χ1n) is 7.31. The van der Waals surface area contributed by atoms with E-state index in [-0.39, 0.29) is 17.3 Å². The van der Waals surface area contributed by atoms with Crippen molar-refractivity contribution in [2.75, 3.05) is 18.9 Å². The monoisotopic (exact) mass is 277 g/mol. The zero-order chi connectivity index (χ0) is 14.1. The Kier molecular flexibility index (Phi) is 3.59. The van der Waals surface area contributed by atoms with Gasteiger partial charge < -0.3 is 10.6 Å². The van der Waals surface area contributed by atoms with E-state index in [2.05, 4.69) is 15.6 Å². The molecule has 4 nitrogen and oxygen atoms in total. The molecule has 1 aromatic rings. The summed E-state index contributed by atoms with van der Waals surface area (Å²) in [5.41, 5.74) is 0.0645. The van der Waals surface area contributed by atoms with Crippen LogP contribution in [0.3, 0.4) is 0 Å². The van der Waals surface area contributed by atoms with Gasteiger partial charge in [-0.3, -0.25) is 4.79 Å². The summed E-state index contributed by atoms with van der Waals surface area (Å²) in [4.78, 5) is 16.0. The molecule has 2 aliphatic carbocycles. The Bertz CT molecular complexity index is 500. The predicted molar refractivity (Wildman–Crippen MR) is 75.0 cm³/mol. The van der Waals surface area contributed by atoms with Crippen LogP contribution in [0.5, 0.6) is 0 Å². The van der Waals surface area contributed by atoms with Gasteiger partial charge in [0.05, 0.1) is 5.56 Å². The third-order valence-corrected chi connectivity index (χ3v) is 4.32. The standard InChI is InChI=1S/C15H20FN3O/c1-17-14-13(16)11(6-7-18-14)15(20)19-8-12(9-2-3-9)10-4-5-10/h6-7,9-10,12H,2-5,8H2,1H3,(H,17,18)(H,19,20). The van der Waals surface area contributed by atoms with E-state index < -0.39 is 5.82 Å². The third-order valence-electron chi connectivity index (χ3n) is 4.32. The number of carbonyl (C=O) groups excluding carboxylic acids is 1. The Labute approximate surface area is 118 Å². The molecule has 1 amide bonds. The third kappa shape index (κ3) is 2.76. The number of nitrogens with one attached hydrogen (secondary N) is 2. The van der Waals surface area contributed by atoms with Gasteiger partial charge in [-0.25, -0.2) is 9.37 Å². The van der Waals surface area contributed by atoms with Crippen molar-refractivity contribution in [1.82, 2.24) is 10.3 Å². The molecule has 0 saturated heterocycles. The predicted octanol–water partition coefficient (Wildman–Crippen LogP) is 2.43. The fraction of sp³-hybridized carbons (Fsp3) is 0.600. The van der Waals surface area contributed by atoms with Crippen molar-refractivity contribution in [3.05, 3.63) is 23.6 Å². The lowest BCUT2D eigenvalue weighted by Gasteiger charge is -2.16. The van der Waals surface area contributed by atoms with Crippen LogP contribution in [0, 0.1) is 23.6 Å². The van der Waals surface area contributed by atoms with Crippen LogP contribution in [0.25, 0.3) is 0 Å². The maximum Gasteiger partial charge on any atom is 0.254 e. The summed E-state index contributed by atoms with van der Waals surface area (Å²) in [6.07, 6.45) is 6.58. The highest BCUT2D eigenvalue weighted by Gasteiger charge is 2.41. The lowest BCUT2D eigenvalue weighted by atomic mass is 9.98. The average molecular weight is 277 g/mol. The molecular weight excluding hydrogens is 257 g/mol. The van der Waals surface area contributed by atoms with Gasteiger partial charge in [0, 0.05) is 19.8 Å². The van der Waals surface area contributed by atoms with E-state index in [1.807, 2.05) is 0 Å². The number of amides is 1. The zero-order valence-electron chi connectivity index (χ0n) is 11.7. The highest BCUT2D eigenvalue weighted by Crippen LogP contribution is 2.48. The fourth-order valence-corrected chi connectivity index (χ4v) is 2.87. The lowest BCUT2D eigenvalue weighted by molar-refractivity contribution is 0.0939. The second kappa shape index (κ2) is 5.38. The van der Waals surface area contributed by atoms with E-state index in [1.165, 1.54) is 37.9 Å². The number of rotatable bonds is 6. The van der Waals surface area contributed by atoms with Crippen LogP contribution in [-0.4, -0.2) is 24.5 Å². The van der Waals surface area contributed by atoms with E-state index in [1.54, 1.807) is 7.05 Å². The van der Waals surface area contributed by atoms with Crippen molar-refractivity contribution in [3.63, 3.8) is 0 Å². The Morgan fingerprint density at radius 2 is 2.05 bits per heavy atom. The summed E-state index contributed by atoms with van der Waals surface area (Å²) < 4.78 is 14.0. The molecule has 0 spiro atoms. The summed E-state index contributed by atoms with van der Waals surface area (Å²) in [6, 6.07) is 1.43. The summed E-state index contributed by atoms with van der Waals surface area (Å²) in [6.45, 7) is 0.671. The van der Waals surface area contributed by atoms with Crippen LogP contribution >= 0.6 is 0 Å². The minimum absolute atomic E-state index is 0.0645. The number of halogens is 1. The smallest absolute Gasteiger partial charge is 0.254 e. The highest BCUT2D eigenvalue weighted by molar-refractivity contribution is 5.95. The summed E-state index contributed by atoms with van der Waals surface area (Å²) >= 11 is 0. The van der Waals surface area contributed by atoms with E-state index in [0.717, 1.165) is 11.8 Å². The van der Waals surface area contributed by atoms with Crippen molar-refractivity contribution < 1.29 is 9.18 Å². The van der Waals surface area contributed by atoms with Gasteiger partial charge in [0.1, 0.15) is 0 Å². The molecule has 0 aliphatic heterocycles. The van der Waals surface area contributed by atoms with E-state index >= 15 is 0 Å². The number of carbonyl (C=O) groups is 1. The van der Waals surface area contributed by atoms with Crippen LogP contribution in [0.15, 0.2) is 12.3 Å². The number of anilines is 1. The number of aromatic nitrogens is 1. The van der Waals surface area contributed by atoms with Crippen LogP contribution in [0.2, 0.25) is 0 Å². The molecule has 0 unspecified atom stereocenters. The molecule has 2 saturated carbocycles. The van der Waals surface area contributed by atoms with Crippen molar-refractivity contribution in [1.29, 1.82) is 0 Å². The largest absolute Gasteiger partial charge is 0.371 e. The molecule has 0 bridgehead atoms. The summed E-state index contributed by atoms with van der Waals surface area (Å²) in [5.74, 6) is 1.33. The molecule has 108 valence electrons. The molecular formula is C15H20FN3O. The first-order valence-corrected chi connectivity index (χ1v) is 7.31. The number of pyridine rings is 1. The fourth-order valence-electron chi connectivity index (χ4n) is 2.87. The van der Waals surface area contributed by atoms with Gasteiger partial charge in [-0.1, -0.05) is 0 Å². The van der Waals surface area contributed by atoms with Gasteiger partial charge in [-0.2, -0.15) is 0 Å². The molecule has 0 atom stereocenters. The zero-order valence-corrected chi connectivity index (χ0v) is 11.7. The van der Waals surface area contributed by atoms with Gasteiger partial charge >= 0.3 is 0 Å². The second-order valence-corrected chi connectivity index (χ2v) is 5.82. The Morgan fingerprint density at radius 1 is 1.40 bits per heavy atom. The SMILES string of the molecule is CNc1nccc(C(=O)NCC(C2CC2)C2CC2)c1F. The van der Waals surface area contributed by atoms with Crippen LogP contribution in [-0.2, 0) is 0 Å². The minimum Gasteiger partial charge on any atom is -0.371 e.